The van der Waals surface area contributed by atoms with Crippen LogP contribution in [0.1, 0.15) is 27.1 Å². The highest BCUT2D eigenvalue weighted by atomic mass is 35.5. The van der Waals surface area contributed by atoms with E-state index in [9.17, 15) is 9.59 Å². The summed E-state index contributed by atoms with van der Waals surface area (Å²) in [5.74, 6) is 0.277. The molecule has 0 saturated carbocycles. The summed E-state index contributed by atoms with van der Waals surface area (Å²) < 4.78 is 10.3. The van der Waals surface area contributed by atoms with Gasteiger partial charge >= 0.3 is 0 Å². The van der Waals surface area contributed by atoms with E-state index in [-0.39, 0.29) is 53.2 Å². The highest BCUT2D eigenvalue weighted by Gasteiger charge is 2.27. The van der Waals surface area contributed by atoms with E-state index in [0.29, 0.717) is 6.29 Å². The van der Waals surface area contributed by atoms with E-state index in [1.165, 1.54) is 6.07 Å². The Morgan fingerprint density at radius 3 is 2.82 bits per heavy atom. The van der Waals surface area contributed by atoms with E-state index < -0.39 is 0 Å². The lowest BCUT2D eigenvalue weighted by atomic mass is 10.0. The van der Waals surface area contributed by atoms with Crippen LogP contribution in [0.2, 0.25) is 5.02 Å². The molecule has 2 rings (SSSR count). The number of ketones is 1. The van der Waals surface area contributed by atoms with Gasteiger partial charge in [0.05, 0.1) is 16.1 Å². The van der Waals surface area contributed by atoms with Crippen molar-refractivity contribution in [3.63, 3.8) is 0 Å². The molecule has 0 spiro atoms. The fourth-order valence-electron chi connectivity index (χ4n) is 1.66. The first-order chi connectivity index (χ1) is 8.19. The van der Waals surface area contributed by atoms with Crippen LogP contribution in [0.3, 0.4) is 0 Å². The molecule has 0 fully saturated rings. The van der Waals surface area contributed by atoms with Crippen molar-refractivity contribution in [2.45, 2.75) is 6.42 Å². The summed E-state index contributed by atoms with van der Waals surface area (Å²) in [6, 6.07) is 1.39. The van der Waals surface area contributed by atoms with Crippen LogP contribution in [0.5, 0.6) is 11.5 Å². The first kappa shape index (κ1) is 11.9. The number of rotatable bonds is 4. The molecular formula is C11H10ClNO4. The Balaban J connectivity index is 2.57. The molecular weight excluding hydrogens is 246 g/mol. The number of hydrogen-bond acceptors (Lipinski definition) is 5. The quantitative estimate of drug-likeness (QED) is 0.650. The predicted octanol–water partition coefficient (Wildman–Crippen LogP) is 1.41. The molecule has 6 heteroatoms. The monoisotopic (exact) mass is 255 g/mol. The summed E-state index contributed by atoms with van der Waals surface area (Å²) in [6.45, 7) is 0.194. The van der Waals surface area contributed by atoms with Crippen LogP contribution in [0.25, 0.3) is 0 Å². The molecule has 5 nitrogen and oxygen atoms in total. The van der Waals surface area contributed by atoms with Gasteiger partial charge in [0.25, 0.3) is 0 Å². The third-order valence-electron chi connectivity index (χ3n) is 2.40. The minimum absolute atomic E-state index is 0.0284. The number of benzene rings is 1. The zero-order valence-corrected chi connectivity index (χ0v) is 9.62. The topological polar surface area (TPSA) is 78.6 Å². The Hall–Kier alpha value is -1.59. The second kappa shape index (κ2) is 4.73. The standard InChI is InChI=1S/C11H10ClNO4/c12-7-3-6(4-14)10-11(17-5-16-10)9(7)8(15)1-2-13/h3-4H,1-2,5,13H2. The number of carbonyl (C=O) groups is 2. The third-order valence-corrected chi connectivity index (χ3v) is 2.70. The van der Waals surface area contributed by atoms with Gasteiger partial charge in [-0.1, -0.05) is 11.6 Å². The van der Waals surface area contributed by atoms with Crippen molar-refractivity contribution < 1.29 is 19.1 Å². The van der Waals surface area contributed by atoms with Gasteiger partial charge < -0.3 is 15.2 Å². The Kier molecular flexibility index (Phi) is 3.31. The normalized spacial score (nSPS) is 12.6. The van der Waals surface area contributed by atoms with Gasteiger partial charge in [-0.05, 0) is 12.6 Å². The van der Waals surface area contributed by atoms with E-state index in [1.54, 1.807) is 0 Å². The Morgan fingerprint density at radius 2 is 2.18 bits per heavy atom. The van der Waals surface area contributed by atoms with Crippen LogP contribution in [-0.2, 0) is 0 Å². The Bertz CT molecular complexity index is 487. The summed E-state index contributed by atoms with van der Waals surface area (Å²) in [5, 5.41) is 0.176. The second-order valence-electron chi connectivity index (χ2n) is 3.47. The number of halogens is 1. The third kappa shape index (κ3) is 1.99. The maximum Gasteiger partial charge on any atom is 0.231 e. The Morgan fingerprint density at radius 1 is 1.47 bits per heavy atom. The maximum atomic E-state index is 11.8. The number of hydrogen-bond donors (Lipinski definition) is 1. The molecule has 0 atom stereocenters. The second-order valence-corrected chi connectivity index (χ2v) is 3.87. The van der Waals surface area contributed by atoms with E-state index in [4.69, 9.17) is 26.8 Å². The largest absolute Gasteiger partial charge is 0.453 e. The average Bonchev–Trinajstić information content (AvgIpc) is 2.76. The zero-order chi connectivity index (χ0) is 12.4. The molecule has 0 radical (unpaired) electrons. The fraction of sp³-hybridized carbons (Fsp3) is 0.273. The molecule has 1 aliphatic rings. The number of fused-ring (bicyclic) bond motifs is 1. The van der Waals surface area contributed by atoms with E-state index in [2.05, 4.69) is 0 Å². The predicted molar refractivity (Wildman–Crippen MR) is 61.0 cm³/mol. The van der Waals surface area contributed by atoms with Crippen LogP contribution in [-0.4, -0.2) is 25.4 Å². The van der Waals surface area contributed by atoms with Crippen molar-refractivity contribution in [2.24, 2.45) is 5.73 Å². The van der Waals surface area contributed by atoms with Crippen molar-refractivity contribution in [1.29, 1.82) is 0 Å². The van der Waals surface area contributed by atoms with Crippen molar-refractivity contribution >= 4 is 23.7 Å². The molecule has 1 aromatic carbocycles. The molecule has 1 heterocycles. The lowest BCUT2D eigenvalue weighted by Crippen LogP contribution is -2.09. The summed E-state index contributed by atoms with van der Waals surface area (Å²) in [5.41, 5.74) is 5.83. The van der Waals surface area contributed by atoms with Gasteiger partial charge in [0, 0.05) is 6.42 Å². The van der Waals surface area contributed by atoms with Crippen molar-refractivity contribution in [3.8, 4) is 11.5 Å². The molecule has 90 valence electrons. The molecule has 2 N–H and O–H groups in total. The lowest BCUT2D eigenvalue weighted by molar-refractivity contribution is 0.0980. The van der Waals surface area contributed by atoms with E-state index >= 15 is 0 Å². The number of carbonyl (C=O) groups excluding carboxylic acids is 2. The summed E-state index contributed by atoms with van der Waals surface area (Å²) in [7, 11) is 0. The van der Waals surface area contributed by atoms with Crippen molar-refractivity contribution in [3.05, 3.63) is 22.2 Å². The molecule has 0 amide bonds. The lowest BCUT2D eigenvalue weighted by Gasteiger charge is -2.08. The molecule has 1 aromatic rings. The fourth-order valence-corrected chi connectivity index (χ4v) is 1.97. The van der Waals surface area contributed by atoms with Gasteiger partial charge in [-0.3, -0.25) is 9.59 Å². The number of nitrogens with two attached hydrogens (primary N) is 1. The van der Waals surface area contributed by atoms with Crippen LogP contribution in [0.4, 0.5) is 0 Å². The first-order valence-corrected chi connectivity index (χ1v) is 5.37. The molecule has 0 unspecified atom stereocenters. The molecule has 0 bridgehead atoms. The summed E-state index contributed by atoms with van der Waals surface area (Å²) in [4.78, 5) is 22.7. The summed E-state index contributed by atoms with van der Waals surface area (Å²) >= 11 is 5.97. The van der Waals surface area contributed by atoms with Gasteiger partial charge in [-0.15, -0.1) is 0 Å². The van der Waals surface area contributed by atoms with Gasteiger partial charge in [0.15, 0.2) is 23.6 Å². The average molecular weight is 256 g/mol. The molecule has 0 aromatic heterocycles. The van der Waals surface area contributed by atoms with Gasteiger partial charge in [-0.25, -0.2) is 0 Å². The number of aldehydes is 1. The van der Waals surface area contributed by atoms with Crippen LogP contribution < -0.4 is 15.2 Å². The molecule has 17 heavy (non-hydrogen) atoms. The highest BCUT2D eigenvalue weighted by molar-refractivity contribution is 6.35. The number of Topliss-reactive ketones (excluding diaryl/α,β-unsaturated/α-hetero) is 1. The van der Waals surface area contributed by atoms with Gasteiger partial charge in [0.2, 0.25) is 6.79 Å². The Labute approximate surface area is 102 Å². The van der Waals surface area contributed by atoms with Crippen molar-refractivity contribution in [2.75, 3.05) is 13.3 Å². The first-order valence-electron chi connectivity index (χ1n) is 4.99. The van der Waals surface area contributed by atoms with Crippen LogP contribution in [0.15, 0.2) is 6.07 Å². The number of ether oxygens (including phenoxy) is 2. The van der Waals surface area contributed by atoms with Gasteiger partial charge in [0.1, 0.15) is 0 Å². The van der Waals surface area contributed by atoms with Crippen LogP contribution >= 0.6 is 11.6 Å². The summed E-state index contributed by atoms with van der Waals surface area (Å²) in [6.07, 6.45) is 0.770. The molecule has 0 aliphatic carbocycles. The van der Waals surface area contributed by atoms with Crippen molar-refractivity contribution in [1.82, 2.24) is 0 Å². The van der Waals surface area contributed by atoms with Gasteiger partial charge in [-0.2, -0.15) is 0 Å². The minimum Gasteiger partial charge on any atom is -0.453 e. The molecule has 0 saturated heterocycles. The highest BCUT2D eigenvalue weighted by Crippen LogP contribution is 2.42. The minimum atomic E-state index is -0.225. The molecule has 1 aliphatic heterocycles. The van der Waals surface area contributed by atoms with E-state index in [1.807, 2.05) is 0 Å². The van der Waals surface area contributed by atoms with E-state index in [0.717, 1.165) is 0 Å². The maximum absolute atomic E-state index is 11.8. The zero-order valence-electron chi connectivity index (χ0n) is 8.86. The smallest absolute Gasteiger partial charge is 0.231 e. The SMILES string of the molecule is NCCC(=O)c1c(Cl)cc(C=O)c2c1OCO2. The van der Waals surface area contributed by atoms with Crippen LogP contribution in [0, 0.1) is 0 Å².